The summed E-state index contributed by atoms with van der Waals surface area (Å²) in [6, 6.07) is 6.75. The Balaban J connectivity index is 1.65. The Morgan fingerprint density at radius 2 is 2.19 bits per heavy atom. The van der Waals surface area contributed by atoms with Crippen molar-refractivity contribution in [3.63, 3.8) is 0 Å². The summed E-state index contributed by atoms with van der Waals surface area (Å²) in [5.74, 6) is -0.999. The van der Waals surface area contributed by atoms with Gasteiger partial charge in [0.25, 0.3) is 5.95 Å². The van der Waals surface area contributed by atoms with Gasteiger partial charge in [-0.3, -0.25) is 4.79 Å². The molecule has 0 radical (unpaired) electrons. The van der Waals surface area contributed by atoms with E-state index in [0.29, 0.717) is 36.2 Å². The molecule has 2 aromatic rings. The maximum Gasteiger partial charge on any atom is 0.251 e. The Hall–Kier alpha value is -3.46. The second-order valence-corrected chi connectivity index (χ2v) is 7.04. The molecule has 3 rings (SSSR count). The van der Waals surface area contributed by atoms with E-state index in [2.05, 4.69) is 32.2 Å². The molecular formula is C22H25FN6O2. The summed E-state index contributed by atoms with van der Waals surface area (Å²) in [7, 11) is 0. The number of hydrogen-bond acceptors (Lipinski definition) is 7. The third-order valence-electron chi connectivity index (χ3n) is 4.70. The first-order valence-electron chi connectivity index (χ1n) is 10.1. The predicted octanol–water partition coefficient (Wildman–Crippen LogP) is 4.56. The van der Waals surface area contributed by atoms with Crippen molar-refractivity contribution in [1.29, 1.82) is 5.41 Å². The van der Waals surface area contributed by atoms with Crippen molar-refractivity contribution in [1.82, 2.24) is 9.97 Å². The Morgan fingerprint density at radius 1 is 1.39 bits per heavy atom. The van der Waals surface area contributed by atoms with Gasteiger partial charge in [0.15, 0.2) is 11.6 Å². The van der Waals surface area contributed by atoms with Gasteiger partial charge < -0.3 is 20.8 Å². The van der Waals surface area contributed by atoms with Gasteiger partial charge in [0, 0.05) is 24.2 Å². The van der Waals surface area contributed by atoms with Gasteiger partial charge in [0.1, 0.15) is 0 Å². The highest BCUT2D eigenvalue weighted by Crippen LogP contribution is 2.23. The van der Waals surface area contributed by atoms with E-state index in [4.69, 9.17) is 10.1 Å². The Labute approximate surface area is 180 Å². The van der Waals surface area contributed by atoms with E-state index in [9.17, 15) is 9.18 Å². The van der Waals surface area contributed by atoms with Crippen LogP contribution in [-0.4, -0.2) is 40.5 Å². The maximum absolute atomic E-state index is 14.2. The molecule has 8 nitrogen and oxygen atoms in total. The minimum Gasteiger partial charge on any atom is -0.378 e. The fraction of sp³-hybridized carbons (Fsp3) is 0.318. The van der Waals surface area contributed by atoms with E-state index < -0.39 is 5.82 Å². The van der Waals surface area contributed by atoms with Crippen LogP contribution in [0.4, 0.5) is 27.5 Å². The molecule has 1 aromatic carbocycles. The first kappa shape index (κ1) is 22.2. The molecular weight excluding hydrogens is 399 g/mol. The highest BCUT2D eigenvalue weighted by atomic mass is 19.1. The van der Waals surface area contributed by atoms with Crippen LogP contribution in [-0.2, 0) is 9.53 Å². The molecule has 1 aliphatic rings. The third kappa shape index (κ3) is 6.78. The maximum atomic E-state index is 14.2. The number of aliphatic imine (C=N–C) groups is 1. The number of benzene rings is 1. The van der Waals surface area contributed by atoms with Crippen LogP contribution in [0.1, 0.15) is 32.1 Å². The number of ether oxygens (including phenoxy) is 1. The molecule has 1 heterocycles. The van der Waals surface area contributed by atoms with Crippen molar-refractivity contribution in [2.24, 2.45) is 4.99 Å². The number of aromatic nitrogens is 2. The van der Waals surface area contributed by atoms with Crippen molar-refractivity contribution in [2.75, 3.05) is 17.2 Å². The van der Waals surface area contributed by atoms with E-state index in [0.717, 1.165) is 37.7 Å². The molecule has 0 bridgehead atoms. The van der Waals surface area contributed by atoms with Gasteiger partial charge >= 0.3 is 0 Å². The predicted molar refractivity (Wildman–Crippen MR) is 119 cm³/mol. The van der Waals surface area contributed by atoms with E-state index in [-0.39, 0.29) is 17.7 Å². The molecule has 162 valence electrons. The molecule has 31 heavy (non-hydrogen) atoms. The molecule has 1 aromatic heterocycles. The van der Waals surface area contributed by atoms with E-state index in [1.54, 1.807) is 24.3 Å². The van der Waals surface area contributed by atoms with Crippen molar-refractivity contribution < 1.29 is 13.9 Å². The number of rotatable bonds is 11. The minimum absolute atomic E-state index is 0.0541. The topological polar surface area (TPSA) is 112 Å². The van der Waals surface area contributed by atoms with Crippen LogP contribution in [0.3, 0.4) is 0 Å². The van der Waals surface area contributed by atoms with E-state index in [1.807, 2.05) is 0 Å². The summed E-state index contributed by atoms with van der Waals surface area (Å²) in [6.45, 7) is 4.03. The highest BCUT2D eigenvalue weighted by Gasteiger charge is 2.17. The van der Waals surface area contributed by atoms with Crippen LogP contribution in [0, 0.1) is 11.2 Å². The highest BCUT2D eigenvalue weighted by molar-refractivity contribution is 6.29. The number of hydrogen-bond donors (Lipinski definition) is 3. The molecule has 1 saturated carbocycles. The van der Waals surface area contributed by atoms with Crippen molar-refractivity contribution in [2.45, 2.75) is 38.2 Å². The standard InChI is InChI=1S/C22H25FN6O2/c1-2-20(30)26-15-6-3-7-16(12-15)27-21-19(23)14-25-22(29-21)28-17(13-24)8-5-11-31-18-9-4-10-18/h2-3,6-7,12-14,18,24H,1,4-5,8-11H2,(H,26,30)(H,25,27,29). The fourth-order valence-corrected chi connectivity index (χ4v) is 2.83. The number of nitrogens with zero attached hydrogens (tertiary/aromatic N) is 3. The second-order valence-electron chi connectivity index (χ2n) is 7.04. The van der Waals surface area contributed by atoms with Crippen LogP contribution in [0.15, 0.2) is 48.1 Å². The first-order chi connectivity index (χ1) is 15.1. The van der Waals surface area contributed by atoms with Gasteiger partial charge in [-0.05, 0) is 56.4 Å². The zero-order valence-corrected chi connectivity index (χ0v) is 17.1. The van der Waals surface area contributed by atoms with Crippen molar-refractivity contribution >= 4 is 41.0 Å². The third-order valence-corrected chi connectivity index (χ3v) is 4.70. The summed E-state index contributed by atoms with van der Waals surface area (Å²) < 4.78 is 19.9. The van der Waals surface area contributed by atoms with Crippen LogP contribution in [0.25, 0.3) is 0 Å². The SMILES string of the molecule is C=CC(=O)Nc1cccc(Nc2nc(N=C(C=N)CCCOC3CCC3)ncc2F)c1. The lowest BCUT2D eigenvalue weighted by molar-refractivity contribution is -0.111. The van der Waals surface area contributed by atoms with E-state index >= 15 is 0 Å². The molecule has 0 saturated heterocycles. The normalized spacial score (nSPS) is 13.9. The Bertz CT molecular complexity index is 974. The molecule has 0 spiro atoms. The van der Waals surface area contributed by atoms with Crippen LogP contribution in [0.5, 0.6) is 0 Å². The summed E-state index contributed by atoms with van der Waals surface area (Å²) in [6.07, 6.45) is 8.46. The zero-order valence-electron chi connectivity index (χ0n) is 17.1. The lowest BCUT2D eigenvalue weighted by Crippen LogP contribution is -2.22. The van der Waals surface area contributed by atoms with Gasteiger partial charge in [-0.25, -0.2) is 14.4 Å². The summed E-state index contributed by atoms with van der Waals surface area (Å²) in [5.41, 5.74) is 1.54. The monoisotopic (exact) mass is 424 g/mol. The molecule has 1 fully saturated rings. The number of halogens is 1. The van der Waals surface area contributed by atoms with Gasteiger partial charge in [0.05, 0.1) is 18.0 Å². The molecule has 9 heteroatoms. The Morgan fingerprint density at radius 3 is 2.90 bits per heavy atom. The second kappa shape index (κ2) is 11.1. The molecule has 0 unspecified atom stereocenters. The number of carbonyl (C=O) groups is 1. The largest absolute Gasteiger partial charge is 0.378 e. The molecule has 3 N–H and O–H groups in total. The van der Waals surface area contributed by atoms with Gasteiger partial charge in [-0.1, -0.05) is 12.6 Å². The average molecular weight is 424 g/mol. The summed E-state index contributed by atoms with van der Waals surface area (Å²) in [5, 5.41) is 13.1. The number of carbonyl (C=O) groups excluding carboxylic acids is 1. The molecule has 0 atom stereocenters. The molecule has 1 amide bonds. The zero-order chi connectivity index (χ0) is 22.1. The Kier molecular flexibility index (Phi) is 7.94. The lowest BCUT2D eigenvalue weighted by atomic mass is 9.96. The number of amides is 1. The van der Waals surface area contributed by atoms with Crippen molar-refractivity contribution in [3.8, 4) is 0 Å². The van der Waals surface area contributed by atoms with Crippen LogP contribution in [0.2, 0.25) is 0 Å². The average Bonchev–Trinajstić information content (AvgIpc) is 2.73. The van der Waals surface area contributed by atoms with Gasteiger partial charge in [0.2, 0.25) is 5.91 Å². The van der Waals surface area contributed by atoms with Crippen LogP contribution >= 0.6 is 0 Å². The number of nitrogens with one attached hydrogen (secondary N) is 3. The van der Waals surface area contributed by atoms with Crippen molar-refractivity contribution in [3.05, 3.63) is 48.9 Å². The smallest absolute Gasteiger partial charge is 0.251 e. The fourth-order valence-electron chi connectivity index (χ4n) is 2.83. The molecule has 0 aliphatic heterocycles. The van der Waals surface area contributed by atoms with Crippen LogP contribution < -0.4 is 10.6 Å². The quantitative estimate of drug-likeness (QED) is 0.278. The summed E-state index contributed by atoms with van der Waals surface area (Å²) in [4.78, 5) is 23.7. The number of anilines is 3. The minimum atomic E-state index is -0.648. The van der Waals surface area contributed by atoms with E-state index in [1.165, 1.54) is 6.42 Å². The van der Waals surface area contributed by atoms with Gasteiger partial charge in [-0.2, -0.15) is 4.98 Å². The van der Waals surface area contributed by atoms with Gasteiger partial charge in [-0.15, -0.1) is 0 Å². The lowest BCUT2D eigenvalue weighted by Gasteiger charge is -2.25. The molecule has 1 aliphatic carbocycles. The first-order valence-corrected chi connectivity index (χ1v) is 10.1. The summed E-state index contributed by atoms with van der Waals surface area (Å²) >= 11 is 0.